The van der Waals surface area contributed by atoms with Crippen LogP contribution in [0.25, 0.3) is 10.8 Å². The zero-order valence-corrected chi connectivity index (χ0v) is 21.9. The van der Waals surface area contributed by atoms with Gasteiger partial charge in [0.25, 0.3) is 11.1 Å². The van der Waals surface area contributed by atoms with E-state index >= 15 is 0 Å². The molecule has 8 nitrogen and oxygen atoms in total. The molecule has 11 heteroatoms. The zero-order valence-electron chi connectivity index (χ0n) is 21.9. The van der Waals surface area contributed by atoms with Gasteiger partial charge in [-0.25, -0.2) is 4.68 Å². The predicted octanol–water partition coefficient (Wildman–Crippen LogP) is 4.11. The van der Waals surface area contributed by atoms with E-state index in [-0.39, 0.29) is 33.7 Å². The summed E-state index contributed by atoms with van der Waals surface area (Å²) in [5.74, 6) is 0.351. The van der Waals surface area contributed by atoms with Crippen molar-refractivity contribution in [3.05, 3.63) is 67.9 Å². The van der Waals surface area contributed by atoms with Crippen molar-refractivity contribution >= 4 is 16.6 Å². The molecule has 0 radical (unpaired) electrons. The first-order chi connectivity index (χ1) is 17.9. The number of nitrogens with zero attached hydrogens (tertiary/aromatic N) is 4. The van der Waals surface area contributed by atoms with E-state index in [4.69, 9.17) is 4.74 Å². The van der Waals surface area contributed by atoms with Crippen molar-refractivity contribution in [1.29, 1.82) is 0 Å². The Labute approximate surface area is 218 Å². The van der Waals surface area contributed by atoms with Crippen molar-refractivity contribution < 1.29 is 17.9 Å². The third kappa shape index (κ3) is 4.96. The first kappa shape index (κ1) is 26.4. The van der Waals surface area contributed by atoms with Crippen LogP contribution in [0.1, 0.15) is 55.5 Å². The fourth-order valence-electron chi connectivity index (χ4n) is 5.30. The van der Waals surface area contributed by atoms with Crippen LogP contribution in [0.4, 0.5) is 19.0 Å². The number of fused-ring (bicyclic) bond motifs is 1. The highest BCUT2D eigenvalue weighted by atomic mass is 19.4. The number of alkyl halides is 3. The quantitative estimate of drug-likeness (QED) is 0.471. The van der Waals surface area contributed by atoms with Gasteiger partial charge in [0.05, 0.1) is 29.1 Å². The lowest BCUT2D eigenvalue weighted by Crippen LogP contribution is -2.61. The van der Waals surface area contributed by atoms with Gasteiger partial charge in [-0.05, 0) is 50.8 Å². The summed E-state index contributed by atoms with van der Waals surface area (Å²) in [5, 5.41) is 8.56. The van der Waals surface area contributed by atoms with Crippen LogP contribution >= 0.6 is 0 Å². The molecule has 0 spiro atoms. The number of anilines is 1. The number of ether oxygens (including phenoxy) is 1. The van der Waals surface area contributed by atoms with Crippen molar-refractivity contribution in [2.24, 2.45) is 0 Å². The molecule has 2 aliphatic rings. The van der Waals surface area contributed by atoms with Gasteiger partial charge in [0.2, 0.25) is 0 Å². The Balaban J connectivity index is 1.52. The maximum absolute atomic E-state index is 13.5. The Morgan fingerprint density at radius 3 is 2.53 bits per heavy atom. The highest BCUT2D eigenvalue weighted by Gasteiger charge is 2.38. The molecule has 204 valence electrons. The van der Waals surface area contributed by atoms with E-state index in [9.17, 15) is 22.8 Å². The maximum Gasteiger partial charge on any atom is 0.416 e. The molecule has 1 aromatic carbocycles. The summed E-state index contributed by atoms with van der Waals surface area (Å²) in [7, 11) is 1.67. The summed E-state index contributed by atoms with van der Waals surface area (Å²) >= 11 is 0. The average Bonchev–Trinajstić information content (AvgIpc) is 3.68. The predicted molar refractivity (Wildman–Crippen MR) is 139 cm³/mol. The number of nitrogens with one attached hydrogen (secondary N) is 1. The Bertz CT molecular complexity index is 1490. The lowest BCUT2D eigenvalue weighted by molar-refractivity contribution is -0.138. The topological polar surface area (TPSA) is 81.4 Å². The summed E-state index contributed by atoms with van der Waals surface area (Å²) in [5.41, 5.74) is -0.911. The van der Waals surface area contributed by atoms with Crippen LogP contribution in [0.5, 0.6) is 0 Å². The molecule has 0 amide bonds. The van der Waals surface area contributed by atoms with Gasteiger partial charge in [-0.3, -0.25) is 14.5 Å². The highest BCUT2D eigenvalue weighted by molar-refractivity contribution is 5.90. The fraction of sp³-hybridized carbons (Fsp3) is 0.519. The Morgan fingerprint density at radius 1 is 1.18 bits per heavy atom. The minimum Gasteiger partial charge on any atom is -0.376 e. The van der Waals surface area contributed by atoms with Crippen LogP contribution < -0.4 is 16.4 Å². The van der Waals surface area contributed by atoms with E-state index in [0.29, 0.717) is 29.9 Å². The summed E-state index contributed by atoms with van der Waals surface area (Å²) in [4.78, 5) is 28.3. The maximum atomic E-state index is 13.5. The molecule has 1 aliphatic carbocycles. The van der Waals surface area contributed by atoms with E-state index in [0.717, 1.165) is 32.0 Å². The second-order valence-electron chi connectivity index (χ2n) is 10.7. The molecule has 0 bridgehead atoms. The number of halogens is 3. The largest absolute Gasteiger partial charge is 0.416 e. The summed E-state index contributed by atoms with van der Waals surface area (Å²) in [6.07, 6.45) is -1.04. The number of rotatable bonds is 8. The second-order valence-corrected chi connectivity index (χ2v) is 10.7. The van der Waals surface area contributed by atoms with Gasteiger partial charge in [-0.15, -0.1) is 0 Å². The number of benzene rings is 1. The van der Waals surface area contributed by atoms with Crippen molar-refractivity contribution in [2.45, 2.75) is 64.0 Å². The smallest absolute Gasteiger partial charge is 0.376 e. The van der Waals surface area contributed by atoms with Gasteiger partial charge < -0.3 is 14.6 Å². The van der Waals surface area contributed by atoms with Gasteiger partial charge in [0.15, 0.2) is 5.82 Å². The van der Waals surface area contributed by atoms with Crippen LogP contribution in [0.2, 0.25) is 0 Å². The SMILES string of the molecule is COC1(C)CN(CCn2nc(N[C@H](C)c3cccc(C(F)(F)F)c3C)c3cn(C4CC4)c(=O)cc3c2=O)C1. The van der Waals surface area contributed by atoms with Crippen LogP contribution in [0.3, 0.4) is 0 Å². The van der Waals surface area contributed by atoms with Crippen molar-refractivity contribution in [3.8, 4) is 0 Å². The number of methoxy groups -OCH3 is 1. The van der Waals surface area contributed by atoms with Gasteiger partial charge in [0, 0.05) is 50.4 Å². The minimum atomic E-state index is -4.46. The molecule has 1 N–H and O–H groups in total. The molecular weight excluding hydrogens is 499 g/mol. The molecule has 38 heavy (non-hydrogen) atoms. The Kier molecular flexibility index (Phi) is 6.63. The van der Waals surface area contributed by atoms with E-state index < -0.39 is 17.8 Å². The first-order valence-electron chi connectivity index (χ1n) is 12.8. The Hall–Kier alpha value is -3.18. The third-order valence-electron chi connectivity index (χ3n) is 7.70. The van der Waals surface area contributed by atoms with Crippen LogP contribution in [-0.2, 0) is 17.5 Å². The minimum absolute atomic E-state index is 0.0897. The molecule has 1 saturated carbocycles. The monoisotopic (exact) mass is 531 g/mol. The number of hydrogen-bond donors (Lipinski definition) is 1. The van der Waals surface area contributed by atoms with Crippen LogP contribution in [-0.4, -0.2) is 51.6 Å². The lowest BCUT2D eigenvalue weighted by Gasteiger charge is -2.46. The Morgan fingerprint density at radius 2 is 1.89 bits per heavy atom. The third-order valence-corrected chi connectivity index (χ3v) is 7.70. The standard InChI is InChI=1S/C27H32F3N5O3/c1-16-19(6-5-7-22(16)27(28,29)30)17(2)31-24-21-13-34(18-8-9-18)23(36)12-20(21)25(37)35(32-24)11-10-33-14-26(3,15-33)38-4/h5-7,12-13,17-18H,8-11,14-15H2,1-4H3,(H,31,32)/t17-/m1/s1. The van der Waals surface area contributed by atoms with Gasteiger partial charge in [0.1, 0.15) is 0 Å². The number of likely N-dealkylation sites (tertiary alicyclic amines) is 1. The molecule has 1 saturated heterocycles. The number of hydrogen-bond acceptors (Lipinski definition) is 6. The molecular formula is C27H32F3N5O3. The molecule has 1 aliphatic heterocycles. The van der Waals surface area contributed by atoms with Crippen LogP contribution in [0, 0.1) is 6.92 Å². The average molecular weight is 532 g/mol. The molecule has 3 aromatic rings. The van der Waals surface area contributed by atoms with E-state index in [1.165, 1.54) is 23.7 Å². The summed E-state index contributed by atoms with van der Waals surface area (Å²) < 4.78 is 49.0. The van der Waals surface area contributed by atoms with Crippen LogP contribution in [0.15, 0.2) is 40.1 Å². The summed E-state index contributed by atoms with van der Waals surface area (Å²) in [6, 6.07) is 5.01. The number of pyridine rings is 1. The van der Waals surface area contributed by atoms with Gasteiger partial charge in [-0.1, -0.05) is 12.1 Å². The van der Waals surface area contributed by atoms with Crippen molar-refractivity contribution in [1.82, 2.24) is 19.2 Å². The molecule has 2 fully saturated rings. The van der Waals surface area contributed by atoms with E-state index in [2.05, 4.69) is 15.3 Å². The number of aromatic nitrogens is 3. The zero-order chi connectivity index (χ0) is 27.4. The lowest BCUT2D eigenvalue weighted by atomic mass is 9.97. The normalized spacial score (nSPS) is 18.4. The van der Waals surface area contributed by atoms with Gasteiger partial charge >= 0.3 is 6.18 Å². The summed E-state index contributed by atoms with van der Waals surface area (Å²) in [6.45, 7) is 7.56. The molecule has 5 rings (SSSR count). The molecule has 0 unspecified atom stereocenters. The fourth-order valence-corrected chi connectivity index (χ4v) is 5.30. The van der Waals surface area contributed by atoms with E-state index in [1.54, 1.807) is 30.9 Å². The second kappa shape index (κ2) is 9.53. The molecule has 1 atom stereocenters. The van der Waals surface area contributed by atoms with Crippen molar-refractivity contribution in [2.75, 3.05) is 32.1 Å². The van der Waals surface area contributed by atoms with E-state index in [1.807, 2.05) is 6.92 Å². The highest BCUT2D eigenvalue weighted by Crippen LogP contribution is 2.36. The first-order valence-corrected chi connectivity index (χ1v) is 12.8. The van der Waals surface area contributed by atoms with Crippen molar-refractivity contribution in [3.63, 3.8) is 0 Å². The molecule has 3 heterocycles. The van der Waals surface area contributed by atoms with Gasteiger partial charge in [-0.2, -0.15) is 18.3 Å². The molecule has 2 aromatic heterocycles.